The number of nitrogens with one attached hydrogen (secondary N) is 1. The minimum atomic E-state index is -4.79. The maximum atomic E-state index is 12.9. The van der Waals surface area contributed by atoms with Crippen molar-refractivity contribution in [1.29, 1.82) is 0 Å². The Kier molecular flexibility index (Phi) is 5.89. The van der Waals surface area contributed by atoms with Crippen LogP contribution in [0, 0.1) is 6.92 Å². The van der Waals surface area contributed by atoms with Gasteiger partial charge in [0.15, 0.2) is 0 Å². The number of alkyl halides is 3. The smallest absolute Gasteiger partial charge is 0.417 e. The molecular weight excluding hydrogens is 415 g/mol. The number of aryl methyl sites for hydroxylation is 1. The van der Waals surface area contributed by atoms with Crippen LogP contribution in [0.2, 0.25) is 5.02 Å². The van der Waals surface area contributed by atoms with Gasteiger partial charge in [-0.25, -0.2) is 13.2 Å². The van der Waals surface area contributed by atoms with Gasteiger partial charge in [-0.1, -0.05) is 11.6 Å². The Morgan fingerprint density at radius 1 is 1.31 bits per heavy atom. The molecule has 0 saturated heterocycles. The van der Waals surface area contributed by atoms with Crippen LogP contribution in [0.25, 0.3) is 0 Å². The molecule has 0 aliphatic heterocycles. The quantitative estimate of drug-likeness (QED) is 0.701. The Labute approximate surface area is 156 Å². The number of esters is 1. The van der Waals surface area contributed by atoms with Gasteiger partial charge in [-0.05, 0) is 43.7 Å². The maximum absolute atomic E-state index is 12.9. The summed E-state index contributed by atoms with van der Waals surface area (Å²) in [5, 5.41) is -0.526. The van der Waals surface area contributed by atoms with Gasteiger partial charge in [-0.2, -0.15) is 13.2 Å². The second kappa shape index (κ2) is 7.45. The molecule has 0 bridgehead atoms. The second-order valence-corrected chi connectivity index (χ2v) is 8.23. The molecule has 0 fully saturated rings. The Hall–Kier alpha value is -1.78. The molecule has 0 aliphatic rings. The molecule has 0 aliphatic carbocycles. The average molecular weight is 428 g/mol. The van der Waals surface area contributed by atoms with Crippen molar-refractivity contribution in [2.24, 2.45) is 0 Å². The van der Waals surface area contributed by atoms with Crippen LogP contribution in [0.5, 0.6) is 0 Å². The number of benzene rings is 1. The predicted octanol–water partition coefficient (Wildman–Crippen LogP) is 4.71. The van der Waals surface area contributed by atoms with Crippen LogP contribution in [0.4, 0.5) is 18.2 Å². The van der Waals surface area contributed by atoms with Crippen LogP contribution in [0.15, 0.2) is 29.2 Å². The summed E-state index contributed by atoms with van der Waals surface area (Å²) in [6, 6.07) is 3.68. The van der Waals surface area contributed by atoms with Crippen molar-refractivity contribution in [2.75, 3.05) is 11.3 Å². The van der Waals surface area contributed by atoms with E-state index in [-0.39, 0.29) is 16.5 Å². The number of sulfonamides is 1. The fourth-order valence-corrected chi connectivity index (χ4v) is 4.51. The summed E-state index contributed by atoms with van der Waals surface area (Å²) in [5.74, 6) is -0.605. The predicted molar refractivity (Wildman–Crippen MR) is 92.3 cm³/mol. The molecule has 142 valence electrons. The zero-order valence-corrected chi connectivity index (χ0v) is 15.9. The summed E-state index contributed by atoms with van der Waals surface area (Å²) < 4.78 is 70.5. The van der Waals surface area contributed by atoms with Crippen molar-refractivity contribution in [2.45, 2.75) is 24.9 Å². The molecule has 0 atom stereocenters. The van der Waals surface area contributed by atoms with Gasteiger partial charge in [-0.3, -0.25) is 4.72 Å². The van der Waals surface area contributed by atoms with E-state index in [1.54, 1.807) is 13.8 Å². The third kappa shape index (κ3) is 4.49. The first-order valence-electron chi connectivity index (χ1n) is 7.13. The Bertz CT molecular complexity index is 939. The van der Waals surface area contributed by atoms with E-state index >= 15 is 0 Å². The van der Waals surface area contributed by atoms with Crippen molar-refractivity contribution < 1.29 is 31.1 Å². The van der Waals surface area contributed by atoms with Crippen LogP contribution >= 0.6 is 22.9 Å². The molecule has 0 spiro atoms. The second-order valence-electron chi connectivity index (χ2n) is 5.09. The third-order valence-electron chi connectivity index (χ3n) is 3.17. The molecule has 0 radical (unpaired) electrons. The van der Waals surface area contributed by atoms with Gasteiger partial charge in [-0.15, -0.1) is 11.3 Å². The molecule has 1 N–H and O–H groups in total. The first-order chi connectivity index (χ1) is 12.0. The monoisotopic (exact) mass is 427 g/mol. The van der Waals surface area contributed by atoms with E-state index in [2.05, 4.69) is 4.72 Å². The lowest BCUT2D eigenvalue weighted by molar-refractivity contribution is -0.137. The van der Waals surface area contributed by atoms with Crippen LogP contribution in [-0.2, 0) is 20.9 Å². The van der Waals surface area contributed by atoms with Crippen molar-refractivity contribution in [3.63, 3.8) is 0 Å². The van der Waals surface area contributed by atoms with Crippen LogP contribution in [0.1, 0.15) is 27.7 Å². The largest absolute Gasteiger partial charge is 0.462 e. The minimum Gasteiger partial charge on any atom is -0.462 e. The van der Waals surface area contributed by atoms with Gasteiger partial charge in [0.05, 0.1) is 22.1 Å². The molecule has 1 aromatic heterocycles. The van der Waals surface area contributed by atoms with E-state index in [0.29, 0.717) is 11.6 Å². The highest BCUT2D eigenvalue weighted by atomic mass is 35.5. The Morgan fingerprint density at radius 3 is 2.54 bits per heavy atom. The van der Waals surface area contributed by atoms with Crippen molar-refractivity contribution >= 4 is 43.9 Å². The SMILES string of the molecule is CCOC(=O)c1sc(NS(=O)(=O)c2ccc(Cl)c(C(F)(F)F)c2)cc1C. The lowest BCUT2D eigenvalue weighted by Crippen LogP contribution is -2.14. The van der Waals surface area contributed by atoms with Gasteiger partial charge in [0, 0.05) is 0 Å². The van der Waals surface area contributed by atoms with Crippen molar-refractivity contribution in [1.82, 2.24) is 0 Å². The summed E-state index contributed by atoms with van der Waals surface area (Å²) in [6.07, 6.45) is -4.79. The number of anilines is 1. The van der Waals surface area contributed by atoms with Gasteiger partial charge in [0.25, 0.3) is 10.0 Å². The van der Waals surface area contributed by atoms with E-state index in [1.807, 2.05) is 0 Å². The summed E-state index contributed by atoms with van der Waals surface area (Å²) in [6.45, 7) is 3.37. The van der Waals surface area contributed by atoms with Crippen molar-refractivity contribution in [3.8, 4) is 0 Å². The number of hydrogen-bond donors (Lipinski definition) is 1. The van der Waals surface area contributed by atoms with Gasteiger partial charge < -0.3 is 4.74 Å². The third-order valence-corrected chi connectivity index (χ3v) is 6.12. The molecule has 11 heteroatoms. The minimum absolute atomic E-state index is 0.0778. The number of carbonyl (C=O) groups is 1. The van der Waals surface area contributed by atoms with E-state index in [0.717, 1.165) is 23.5 Å². The zero-order chi connectivity index (χ0) is 19.7. The van der Waals surface area contributed by atoms with E-state index in [1.165, 1.54) is 6.07 Å². The van der Waals surface area contributed by atoms with Crippen molar-refractivity contribution in [3.05, 3.63) is 45.3 Å². The highest BCUT2D eigenvalue weighted by Crippen LogP contribution is 2.36. The molecule has 2 aromatic rings. The maximum Gasteiger partial charge on any atom is 0.417 e. The van der Waals surface area contributed by atoms with Gasteiger partial charge >= 0.3 is 12.1 Å². The first kappa shape index (κ1) is 20.5. The number of ether oxygens (including phenoxy) is 1. The average Bonchev–Trinajstić information content (AvgIpc) is 2.86. The molecule has 5 nitrogen and oxygen atoms in total. The number of carbonyl (C=O) groups excluding carboxylic acids is 1. The summed E-state index contributed by atoms with van der Waals surface area (Å²) in [4.78, 5) is 11.4. The fraction of sp³-hybridized carbons (Fsp3) is 0.267. The summed E-state index contributed by atoms with van der Waals surface area (Å²) in [7, 11) is -4.30. The van der Waals surface area contributed by atoms with E-state index in [4.69, 9.17) is 16.3 Å². The first-order valence-corrected chi connectivity index (χ1v) is 9.80. The molecule has 0 amide bonds. The summed E-state index contributed by atoms with van der Waals surface area (Å²) >= 11 is 6.32. The van der Waals surface area contributed by atoms with Crippen LogP contribution in [-0.4, -0.2) is 21.0 Å². The highest BCUT2D eigenvalue weighted by Gasteiger charge is 2.34. The highest BCUT2D eigenvalue weighted by molar-refractivity contribution is 7.93. The molecule has 26 heavy (non-hydrogen) atoms. The molecule has 1 heterocycles. The number of rotatable bonds is 5. The summed E-state index contributed by atoms with van der Waals surface area (Å²) in [5.41, 5.74) is -0.769. The van der Waals surface area contributed by atoms with E-state index < -0.39 is 37.7 Å². The lowest BCUT2D eigenvalue weighted by atomic mass is 10.2. The number of thiophene rings is 1. The normalized spacial score (nSPS) is 12.1. The Morgan fingerprint density at radius 2 is 1.96 bits per heavy atom. The Balaban J connectivity index is 2.36. The molecule has 0 unspecified atom stereocenters. The topological polar surface area (TPSA) is 72.5 Å². The van der Waals surface area contributed by atoms with E-state index in [9.17, 15) is 26.4 Å². The lowest BCUT2D eigenvalue weighted by Gasteiger charge is -2.11. The molecule has 0 saturated carbocycles. The number of hydrogen-bond acceptors (Lipinski definition) is 5. The molecule has 1 aromatic carbocycles. The van der Waals surface area contributed by atoms with Crippen LogP contribution < -0.4 is 4.72 Å². The standard InChI is InChI=1S/C15H13ClF3NO4S2/c1-3-24-14(21)13-8(2)6-12(25-13)20-26(22,23)9-4-5-11(16)10(7-9)15(17,18)19/h4-7,20H,3H2,1-2H3. The van der Waals surface area contributed by atoms with Crippen LogP contribution in [0.3, 0.4) is 0 Å². The zero-order valence-electron chi connectivity index (χ0n) is 13.5. The fourth-order valence-electron chi connectivity index (χ4n) is 2.01. The van der Waals surface area contributed by atoms with Gasteiger partial charge in [0.1, 0.15) is 9.88 Å². The molecule has 2 rings (SSSR count). The number of halogens is 4. The molecular formula is C15H13ClF3NO4S2. The van der Waals surface area contributed by atoms with Gasteiger partial charge in [0.2, 0.25) is 0 Å².